The molecule has 0 fully saturated rings. The molecule has 1 heterocycles. The zero-order valence-corrected chi connectivity index (χ0v) is 10.5. The lowest BCUT2D eigenvalue weighted by Crippen LogP contribution is -2.19. The van der Waals surface area contributed by atoms with Crippen molar-refractivity contribution in [3.8, 4) is 0 Å². The van der Waals surface area contributed by atoms with Crippen LogP contribution in [0.2, 0.25) is 0 Å². The van der Waals surface area contributed by atoms with Crippen molar-refractivity contribution in [3.05, 3.63) is 57.8 Å². The first-order valence-corrected chi connectivity index (χ1v) is 6.48. The number of hydrogen-bond acceptors (Lipinski definition) is 3. The van der Waals surface area contributed by atoms with Crippen molar-refractivity contribution in [2.75, 3.05) is 0 Å². The number of rotatable bonds is 4. The fourth-order valence-corrected chi connectivity index (χ4v) is 2.49. The zero-order chi connectivity index (χ0) is 12.3. The topological polar surface area (TPSA) is 43.1 Å². The molecule has 2 N–H and O–H groups in total. The van der Waals surface area contributed by atoms with Crippen LogP contribution < -0.4 is 5.73 Å². The molecule has 0 bridgehead atoms. The van der Waals surface area contributed by atoms with Gasteiger partial charge in [-0.2, -0.15) is 0 Å². The van der Waals surface area contributed by atoms with Gasteiger partial charge in [0.2, 0.25) is 5.78 Å². The summed E-state index contributed by atoms with van der Waals surface area (Å²) < 4.78 is 0. The lowest BCUT2D eigenvalue weighted by Gasteiger charge is -2.09. The van der Waals surface area contributed by atoms with Crippen LogP contribution in [-0.4, -0.2) is 11.8 Å². The Kier molecular flexibility index (Phi) is 3.71. The van der Waals surface area contributed by atoms with E-state index in [1.54, 1.807) is 0 Å². The molecule has 88 valence electrons. The van der Waals surface area contributed by atoms with E-state index in [9.17, 15) is 4.79 Å². The maximum atomic E-state index is 12.3. The van der Waals surface area contributed by atoms with Crippen LogP contribution in [0.5, 0.6) is 0 Å². The summed E-state index contributed by atoms with van der Waals surface area (Å²) in [6.07, 6.45) is 0.729. The molecule has 2 aromatic rings. The van der Waals surface area contributed by atoms with Crippen molar-refractivity contribution in [2.45, 2.75) is 19.4 Å². The van der Waals surface area contributed by atoms with E-state index in [0.29, 0.717) is 0 Å². The Balaban J connectivity index is 2.35. The molecule has 0 saturated carbocycles. The van der Waals surface area contributed by atoms with Gasteiger partial charge in [-0.3, -0.25) is 4.79 Å². The van der Waals surface area contributed by atoms with Crippen LogP contribution in [0.1, 0.15) is 27.7 Å². The van der Waals surface area contributed by atoms with Crippen LogP contribution >= 0.6 is 11.3 Å². The maximum Gasteiger partial charge on any atom is 0.203 e. The SMILES string of the molecule is CC(N)Cc1ccccc1C(=O)c1cccs1. The summed E-state index contributed by atoms with van der Waals surface area (Å²) in [6, 6.07) is 11.5. The fourth-order valence-electron chi connectivity index (χ4n) is 1.81. The highest BCUT2D eigenvalue weighted by molar-refractivity contribution is 7.12. The average Bonchev–Trinajstić information content (AvgIpc) is 2.81. The number of hydrogen-bond donors (Lipinski definition) is 1. The minimum atomic E-state index is 0.0623. The molecule has 0 spiro atoms. The Bertz CT molecular complexity index is 503. The molecule has 0 aliphatic carbocycles. The molecule has 0 aliphatic heterocycles. The van der Waals surface area contributed by atoms with Gasteiger partial charge in [-0.05, 0) is 30.4 Å². The van der Waals surface area contributed by atoms with Gasteiger partial charge in [0, 0.05) is 11.6 Å². The number of carbonyl (C=O) groups excluding carboxylic acids is 1. The number of benzene rings is 1. The molecule has 2 rings (SSSR count). The van der Waals surface area contributed by atoms with Crippen LogP contribution in [0.3, 0.4) is 0 Å². The van der Waals surface area contributed by atoms with Crippen molar-refractivity contribution >= 4 is 17.1 Å². The van der Waals surface area contributed by atoms with E-state index in [1.807, 2.05) is 48.7 Å². The van der Waals surface area contributed by atoms with Crippen molar-refractivity contribution < 1.29 is 4.79 Å². The molecular weight excluding hydrogens is 230 g/mol. The van der Waals surface area contributed by atoms with E-state index in [1.165, 1.54) is 11.3 Å². The summed E-state index contributed by atoms with van der Waals surface area (Å²) in [5.41, 5.74) is 7.60. The predicted octanol–water partition coefficient (Wildman–Crippen LogP) is 2.87. The highest BCUT2D eigenvalue weighted by Crippen LogP contribution is 2.19. The molecule has 1 unspecified atom stereocenters. The average molecular weight is 245 g/mol. The summed E-state index contributed by atoms with van der Waals surface area (Å²) >= 11 is 1.47. The molecule has 0 radical (unpaired) electrons. The number of ketones is 1. The Hall–Kier alpha value is -1.45. The largest absolute Gasteiger partial charge is 0.328 e. The first-order valence-electron chi connectivity index (χ1n) is 5.60. The van der Waals surface area contributed by atoms with Crippen LogP contribution in [0, 0.1) is 0 Å². The maximum absolute atomic E-state index is 12.3. The molecule has 0 amide bonds. The van der Waals surface area contributed by atoms with Crippen molar-refractivity contribution in [2.24, 2.45) is 5.73 Å². The van der Waals surface area contributed by atoms with Crippen molar-refractivity contribution in [1.82, 2.24) is 0 Å². The number of thiophene rings is 1. The highest BCUT2D eigenvalue weighted by atomic mass is 32.1. The monoisotopic (exact) mass is 245 g/mol. The van der Waals surface area contributed by atoms with Gasteiger partial charge in [0.25, 0.3) is 0 Å². The van der Waals surface area contributed by atoms with E-state index in [0.717, 1.165) is 22.4 Å². The van der Waals surface area contributed by atoms with Crippen molar-refractivity contribution in [3.63, 3.8) is 0 Å². The first-order chi connectivity index (χ1) is 8.18. The number of nitrogens with two attached hydrogens (primary N) is 1. The highest BCUT2D eigenvalue weighted by Gasteiger charge is 2.14. The second kappa shape index (κ2) is 5.25. The third-order valence-corrected chi connectivity index (χ3v) is 3.42. The number of carbonyl (C=O) groups is 1. The van der Waals surface area contributed by atoms with E-state index < -0.39 is 0 Å². The molecule has 0 saturated heterocycles. The minimum absolute atomic E-state index is 0.0623. The van der Waals surface area contributed by atoms with E-state index in [2.05, 4.69) is 0 Å². The van der Waals surface area contributed by atoms with Gasteiger partial charge < -0.3 is 5.73 Å². The molecule has 1 aromatic carbocycles. The van der Waals surface area contributed by atoms with Gasteiger partial charge in [0.05, 0.1) is 4.88 Å². The third kappa shape index (κ3) is 2.81. The van der Waals surface area contributed by atoms with Gasteiger partial charge >= 0.3 is 0 Å². The molecule has 17 heavy (non-hydrogen) atoms. The second-order valence-corrected chi connectivity index (χ2v) is 5.09. The lowest BCUT2D eigenvalue weighted by atomic mass is 9.98. The summed E-state index contributed by atoms with van der Waals surface area (Å²) in [4.78, 5) is 13.1. The Labute approximate surface area is 105 Å². The first kappa shape index (κ1) is 12.0. The Morgan fingerprint density at radius 3 is 2.71 bits per heavy atom. The Morgan fingerprint density at radius 2 is 2.06 bits per heavy atom. The third-order valence-electron chi connectivity index (χ3n) is 2.55. The quantitative estimate of drug-likeness (QED) is 0.842. The van der Waals surface area contributed by atoms with Crippen LogP contribution in [0.15, 0.2) is 41.8 Å². The van der Waals surface area contributed by atoms with Gasteiger partial charge in [0.1, 0.15) is 0 Å². The van der Waals surface area contributed by atoms with E-state index in [-0.39, 0.29) is 11.8 Å². The second-order valence-electron chi connectivity index (χ2n) is 4.14. The molecule has 1 aromatic heterocycles. The zero-order valence-electron chi connectivity index (χ0n) is 9.72. The Morgan fingerprint density at radius 1 is 1.29 bits per heavy atom. The molecule has 1 atom stereocenters. The van der Waals surface area contributed by atoms with Crippen LogP contribution in [0.25, 0.3) is 0 Å². The van der Waals surface area contributed by atoms with Gasteiger partial charge in [0.15, 0.2) is 0 Å². The lowest BCUT2D eigenvalue weighted by molar-refractivity contribution is 0.104. The van der Waals surface area contributed by atoms with Gasteiger partial charge in [-0.25, -0.2) is 0 Å². The summed E-state index contributed by atoms with van der Waals surface area (Å²) in [5, 5.41) is 1.92. The molecule has 3 heteroatoms. The van der Waals surface area contributed by atoms with Crippen LogP contribution in [0.4, 0.5) is 0 Å². The molecule has 2 nitrogen and oxygen atoms in total. The molecule has 0 aliphatic rings. The predicted molar refractivity (Wildman–Crippen MR) is 71.5 cm³/mol. The van der Waals surface area contributed by atoms with E-state index >= 15 is 0 Å². The van der Waals surface area contributed by atoms with Crippen molar-refractivity contribution in [1.29, 1.82) is 0 Å². The summed E-state index contributed by atoms with van der Waals surface area (Å²) in [7, 11) is 0. The van der Waals surface area contributed by atoms with Crippen LogP contribution in [-0.2, 0) is 6.42 Å². The molecular formula is C14H15NOS. The normalized spacial score (nSPS) is 12.4. The smallest absolute Gasteiger partial charge is 0.203 e. The van der Waals surface area contributed by atoms with Gasteiger partial charge in [-0.1, -0.05) is 30.3 Å². The van der Waals surface area contributed by atoms with Gasteiger partial charge in [-0.15, -0.1) is 11.3 Å². The van der Waals surface area contributed by atoms with E-state index in [4.69, 9.17) is 5.73 Å². The summed E-state index contributed by atoms with van der Waals surface area (Å²) in [6.45, 7) is 1.95. The standard InChI is InChI=1S/C14H15NOS/c1-10(15)9-11-5-2-3-6-12(11)14(16)13-7-4-8-17-13/h2-8,10H,9,15H2,1H3. The summed E-state index contributed by atoms with van der Waals surface area (Å²) in [5.74, 6) is 0.0938. The minimum Gasteiger partial charge on any atom is -0.328 e. The fraction of sp³-hybridized carbons (Fsp3) is 0.214.